The first-order valence-electron chi connectivity index (χ1n) is 8.45. The van der Waals surface area contributed by atoms with Crippen LogP contribution in [-0.2, 0) is 24.1 Å². The van der Waals surface area contributed by atoms with Gasteiger partial charge in [0.25, 0.3) is 0 Å². The Balaban J connectivity index is 1.54. The topological polar surface area (TPSA) is 102 Å². The summed E-state index contributed by atoms with van der Waals surface area (Å²) < 4.78 is 41.1. The van der Waals surface area contributed by atoms with Crippen molar-refractivity contribution < 1.29 is 27.9 Å². The Bertz CT molecular complexity index is 1030. The van der Waals surface area contributed by atoms with Gasteiger partial charge < -0.3 is 10.4 Å². The van der Waals surface area contributed by atoms with Crippen LogP contribution in [0.3, 0.4) is 0 Å². The van der Waals surface area contributed by atoms with Gasteiger partial charge in [-0.3, -0.25) is 14.2 Å². The fraction of sp³-hybridized carbons (Fsp3) is 0.222. The summed E-state index contributed by atoms with van der Waals surface area (Å²) in [6.07, 6.45) is 1.05. The number of aromatic carboxylic acids is 1. The quantitative estimate of drug-likeness (QED) is 0.627. The number of carbonyl (C=O) groups excluding carboxylic acids is 1. The highest BCUT2D eigenvalue weighted by atomic mass is 19.4. The van der Waals surface area contributed by atoms with Gasteiger partial charge in [0.15, 0.2) is 0 Å². The predicted octanol–water partition coefficient (Wildman–Crippen LogP) is 2.87. The zero-order chi connectivity index (χ0) is 21.0. The molecule has 2 aromatic heterocycles. The molecule has 11 heteroatoms. The molecule has 0 aliphatic heterocycles. The minimum atomic E-state index is -4.42. The Hall–Kier alpha value is -3.63. The molecule has 0 unspecified atom stereocenters. The molecule has 3 rings (SSSR count). The van der Waals surface area contributed by atoms with E-state index in [1.54, 1.807) is 6.07 Å². The van der Waals surface area contributed by atoms with Crippen LogP contribution < -0.4 is 5.32 Å². The van der Waals surface area contributed by atoms with Crippen LogP contribution in [0, 0.1) is 0 Å². The lowest BCUT2D eigenvalue weighted by Gasteiger charge is -2.08. The van der Waals surface area contributed by atoms with Crippen LogP contribution in [0.2, 0.25) is 0 Å². The van der Waals surface area contributed by atoms with Gasteiger partial charge >= 0.3 is 12.1 Å². The molecule has 0 atom stereocenters. The van der Waals surface area contributed by atoms with Crippen molar-refractivity contribution in [2.24, 2.45) is 0 Å². The monoisotopic (exact) mass is 407 g/mol. The first-order chi connectivity index (χ1) is 13.7. The molecule has 2 heterocycles. The first-order valence-corrected chi connectivity index (χ1v) is 8.45. The van der Waals surface area contributed by atoms with E-state index in [2.05, 4.69) is 15.5 Å². The van der Waals surface area contributed by atoms with E-state index in [9.17, 15) is 22.8 Å². The lowest BCUT2D eigenvalue weighted by atomic mass is 10.1. The summed E-state index contributed by atoms with van der Waals surface area (Å²) in [6, 6.07) is 4.94. The number of anilines is 1. The van der Waals surface area contributed by atoms with Gasteiger partial charge in [-0.1, -0.05) is 12.1 Å². The summed E-state index contributed by atoms with van der Waals surface area (Å²) >= 11 is 0. The second-order valence-corrected chi connectivity index (χ2v) is 6.22. The predicted molar refractivity (Wildman–Crippen MR) is 95.2 cm³/mol. The lowest BCUT2D eigenvalue weighted by molar-refractivity contribution is -0.137. The second-order valence-electron chi connectivity index (χ2n) is 6.22. The van der Waals surface area contributed by atoms with E-state index in [1.807, 2.05) is 0 Å². The van der Waals surface area contributed by atoms with Crippen LogP contribution in [0.1, 0.15) is 27.9 Å². The van der Waals surface area contributed by atoms with Crippen LogP contribution in [0.4, 0.5) is 18.9 Å². The summed E-state index contributed by atoms with van der Waals surface area (Å²) in [4.78, 5) is 22.8. The van der Waals surface area contributed by atoms with Gasteiger partial charge in [0.05, 0.1) is 35.8 Å². The Labute approximate surface area is 162 Å². The molecular formula is C18H16F3N5O3. The number of aryl methyl sites for hydroxylation is 1. The molecule has 0 radical (unpaired) electrons. The van der Waals surface area contributed by atoms with Crippen molar-refractivity contribution in [3.05, 3.63) is 65.7 Å². The molecule has 1 aromatic carbocycles. The highest BCUT2D eigenvalue weighted by Gasteiger charge is 2.30. The molecule has 1 amide bonds. The van der Waals surface area contributed by atoms with Crippen molar-refractivity contribution in [3.8, 4) is 0 Å². The fourth-order valence-electron chi connectivity index (χ4n) is 2.58. The second kappa shape index (κ2) is 8.17. The van der Waals surface area contributed by atoms with Crippen LogP contribution in [0.25, 0.3) is 0 Å². The molecule has 0 spiro atoms. The SMILES string of the molecule is O=C(CCn1cc(C(=O)O)cn1)Nc1cnn(Cc2cccc(C(F)(F)F)c2)c1. The van der Waals surface area contributed by atoms with Crippen LogP contribution in [0.15, 0.2) is 49.1 Å². The van der Waals surface area contributed by atoms with E-state index in [0.717, 1.165) is 12.1 Å². The van der Waals surface area contributed by atoms with Gasteiger partial charge in [0.2, 0.25) is 5.91 Å². The van der Waals surface area contributed by atoms with E-state index in [0.29, 0.717) is 11.3 Å². The fourth-order valence-corrected chi connectivity index (χ4v) is 2.58. The van der Waals surface area contributed by atoms with E-state index < -0.39 is 17.7 Å². The first kappa shape index (κ1) is 20.1. The number of carboxylic acids is 1. The molecule has 0 bridgehead atoms. The molecule has 0 fully saturated rings. The van der Waals surface area contributed by atoms with E-state index >= 15 is 0 Å². The number of nitrogens with zero attached hydrogens (tertiary/aromatic N) is 4. The number of nitrogens with one attached hydrogen (secondary N) is 1. The number of carboxylic acid groups (broad SMARTS) is 1. The number of hydrogen-bond acceptors (Lipinski definition) is 4. The zero-order valence-electron chi connectivity index (χ0n) is 14.9. The summed E-state index contributed by atoms with van der Waals surface area (Å²) in [5.74, 6) is -1.44. The normalized spacial score (nSPS) is 11.4. The van der Waals surface area contributed by atoms with Crippen molar-refractivity contribution in [1.82, 2.24) is 19.6 Å². The number of halogens is 3. The third kappa shape index (κ3) is 5.43. The van der Waals surface area contributed by atoms with Crippen LogP contribution in [-0.4, -0.2) is 36.5 Å². The highest BCUT2D eigenvalue weighted by Crippen LogP contribution is 2.29. The lowest BCUT2D eigenvalue weighted by Crippen LogP contribution is -2.14. The number of amides is 1. The van der Waals surface area contributed by atoms with Crippen LogP contribution >= 0.6 is 0 Å². The standard InChI is InChI=1S/C18H16F3N5O3/c19-18(20,21)14-3-1-2-12(6-14)9-26-11-15(8-23-26)24-16(27)4-5-25-10-13(7-22-25)17(28)29/h1-3,6-8,10-11H,4-5,9H2,(H,24,27)(H,28,29). The molecule has 29 heavy (non-hydrogen) atoms. The van der Waals surface area contributed by atoms with Crippen molar-refractivity contribution >= 4 is 17.6 Å². The zero-order valence-corrected chi connectivity index (χ0v) is 14.9. The summed E-state index contributed by atoms with van der Waals surface area (Å²) in [5, 5.41) is 19.3. The van der Waals surface area contributed by atoms with Crippen molar-refractivity contribution in [2.45, 2.75) is 25.7 Å². The maximum absolute atomic E-state index is 12.8. The molecule has 0 aliphatic rings. The third-order valence-corrected chi connectivity index (χ3v) is 3.96. The Morgan fingerprint density at radius 3 is 2.55 bits per heavy atom. The number of hydrogen-bond donors (Lipinski definition) is 2. The van der Waals surface area contributed by atoms with Gasteiger partial charge in [-0.15, -0.1) is 0 Å². The molecule has 152 valence electrons. The van der Waals surface area contributed by atoms with Gasteiger partial charge in [0, 0.05) is 25.4 Å². The smallest absolute Gasteiger partial charge is 0.416 e. The number of alkyl halides is 3. The maximum Gasteiger partial charge on any atom is 0.416 e. The summed E-state index contributed by atoms with van der Waals surface area (Å²) in [5.41, 5.74) is 0.115. The van der Waals surface area contributed by atoms with Gasteiger partial charge in [-0.25, -0.2) is 4.79 Å². The largest absolute Gasteiger partial charge is 0.478 e. The highest BCUT2D eigenvalue weighted by molar-refractivity contribution is 5.90. The van der Waals surface area contributed by atoms with E-state index in [-0.39, 0.29) is 31.0 Å². The molecule has 0 saturated carbocycles. The van der Waals surface area contributed by atoms with Crippen molar-refractivity contribution in [1.29, 1.82) is 0 Å². The van der Waals surface area contributed by atoms with Gasteiger partial charge in [0.1, 0.15) is 0 Å². The molecule has 3 aromatic rings. The minimum Gasteiger partial charge on any atom is -0.478 e. The maximum atomic E-state index is 12.8. The minimum absolute atomic E-state index is 0.0290. The summed E-state index contributed by atoms with van der Waals surface area (Å²) in [6.45, 7) is 0.308. The van der Waals surface area contributed by atoms with Crippen molar-refractivity contribution in [3.63, 3.8) is 0 Å². The molecular weight excluding hydrogens is 391 g/mol. The average molecular weight is 407 g/mol. The number of carbonyl (C=O) groups is 2. The Morgan fingerprint density at radius 1 is 1.10 bits per heavy atom. The number of rotatable bonds is 7. The van der Waals surface area contributed by atoms with Gasteiger partial charge in [-0.05, 0) is 17.7 Å². The van der Waals surface area contributed by atoms with Crippen molar-refractivity contribution in [2.75, 3.05) is 5.32 Å². The Kier molecular flexibility index (Phi) is 5.66. The molecule has 8 nitrogen and oxygen atoms in total. The summed E-state index contributed by atoms with van der Waals surface area (Å²) in [7, 11) is 0. The van der Waals surface area contributed by atoms with E-state index in [4.69, 9.17) is 5.11 Å². The third-order valence-electron chi connectivity index (χ3n) is 3.96. The van der Waals surface area contributed by atoms with E-state index in [1.165, 1.54) is 40.2 Å². The number of benzene rings is 1. The number of aromatic nitrogens is 4. The molecule has 0 aliphatic carbocycles. The molecule has 2 N–H and O–H groups in total. The van der Waals surface area contributed by atoms with Crippen LogP contribution in [0.5, 0.6) is 0 Å². The average Bonchev–Trinajstić information content (AvgIpc) is 3.29. The molecule has 0 saturated heterocycles. The van der Waals surface area contributed by atoms with Gasteiger partial charge in [-0.2, -0.15) is 23.4 Å². The Morgan fingerprint density at radius 2 is 1.86 bits per heavy atom.